The van der Waals surface area contributed by atoms with Gasteiger partial charge in [-0.1, -0.05) is 0 Å². The number of thioether (sulfide) groups is 1. The van der Waals surface area contributed by atoms with Gasteiger partial charge in [0.2, 0.25) is 11.8 Å². The van der Waals surface area contributed by atoms with E-state index < -0.39 is 11.9 Å². The van der Waals surface area contributed by atoms with Crippen molar-refractivity contribution < 1.29 is 23.5 Å². The van der Waals surface area contributed by atoms with E-state index in [1.54, 1.807) is 16.7 Å². The van der Waals surface area contributed by atoms with E-state index in [2.05, 4.69) is 0 Å². The Hall–Kier alpha value is -0.850. The molecule has 0 aromatic carbocycles. The third-order valence-corrected chi connectivity index (χ3v) is 5.08. The van der Waals surface area contributed by atoms with E-state index >= 15 is 0 Å². The zero-order valence-electron chi connectivity index (χ0n) is 11.2. The molecule has 0 radical (unpaired) electrons. The molecule has 0 spiro atoms. The second-order valence-corrected chi connectivity index (χ2v) is 6.64. The molecule has 2 rings (SSSR count). The lowest BCUT2D eigenvalue weighted by atomic mass is 9.85. The molecule has 1 unspecified atom stereocenters. The Bertz CT molecular complexity index is 382. The van der Waals surface area contributed by atoms with Gasteiger partial charge >= 0.3 is 5.97 Å². The summed E-state index contributed by atoms with van der Waals surface area (Å²) >= 11 is 1.64. The highest BCUT2D eigenvalue weighted by Gasteiger charge is 2.40. The van der Waals surface area contributed by atoms with Crippen LogP contribution in [0.25, 0.3) is 0 Å². The normalized spacial score (nSPS) is 27.3. The number of carboxylic acid groups (broad SMARTS) is 1. The largest absolute Gasteiger partial charge is 0.481 e. The Kier molecular flexibility index (Phi) is 4.88. The summed E-state index contributed by atoms with van der Waals surface area (Å²) in [6, 6.07) is -0.304. The van der Waals surface area contributed by atoms with Crippen LogP contribution in [-0.4, -0.2) is 51.9 Å². The summed E-state index contributed by atoms with van der Waals surface area (Å²) in [6.45, 7) is 0.522. The van der Waals surface area contributed by atoms with E-state index in [0.717, 1.165) is 5.75 Å². The lowest BCUT2D eigenvalue weighted by Gasteiger charge is -2.38. The number of nitrogens with zero attached hydrogens (tertiary/aromatic N) is 1. The molecular formula is C13H19F2NO3S. The highest BCUT2D eigenvalue weighted by molar-refractivity contribution is 7.99. The number of hydrogen-bond donors (Lipinski definition) is 1. The molecule has 4 nitrogen and oxygen atoms in total. The summed E-state index contributed by atoms with van der Waals surface area (Å²) in [4.78, 5) is 24.9. The Morgan fingerprint density at radius 2 is 1.95 bits per heavy atom. The molecule has 114 valence electrons. The van der Waals surface area contributed by atoms with Gasteiger partial charge in [0.1, 0.15) is 0 Å². The maximum atomic E-state index is 13.1. The molecule has 0 aromatic rings. The summed E-state index contributed by atoms with van der Waals surface area (Å²) in [5.74, 6) is -2.67. The van der Waals surface area contributed by atoms with E-state index in [4.69, 9.17) is 5.11 Å². The first-order chi connectivity index (χ1) is 9.39. The first kappa shape index (κ1) is 15.5. The quantitative estimate of drug-likeness (QED) is 0.868. The van der Waals surface area contributed by atoms with Crippen LogP contribution >= 0.6 is 11.8 Å². The number of carbonyl (C=O) groups is 2. The van der Waals surface area contributed by atoms with Crippen molar-refractivity contribution >= 4 is 23.6 Å². The Morgan fingerprint density at radius 1 is 1.30 bits per heavy atom. The van der Waals surface area contributed by atoms with Gasteiger partial charge in [-0.15, -0.1) is 0 Å². The molecule has 2 aliphatic rings. The van der Waals surface area contributed by atoms with Gasteiger partial charge in [-0.05, 0) is 12.8 Å². The van der Waals surface area contributed by atoms with Gasteiger partial charge < -0.3 is 10.0 Å². The minimum atomic E-state index is -2.64. The van der Waals surface area contributed by atoms with E-state index in [-0.39, 0.29) is 50.0 Å². The molecular weight excluding hydrogens is 288 g/mol. The molecule has 0 aromatic heterocycles. The second kappa shape index (κ2) is 6.28. The van der Waals surface area contributed by atoms with Crippen molar-refractivity contribution in [1.29, 1.82) is 0 Å². The molecule has 2 fully saturated rings. The number of alkyl halides is 2. The molecule has 1 saturated heterocycles. The lowest BCUT2D eigenvalue weighted by Crippen LogP contribution is -2.50. The summed E-state index contributed by atoms with van der Waals surface area (Å²) in [7, 11) is 0. The monoisotopic (exact) mass is 307 g/mol. The van der Waals surface area contributed by atoms with Crippen molar-refractivity contribution in [2.24, 2.45) is 5.92 Å². The maximum absolute atomic E-state index is 13.1. The number of carboxylic acids is 1. The minimum Gasteiger partial charge on any atom is -0.481 e. The topological polar surface area (TPSA) is 57.6 Å². The van der Waals surface area contributed by atoms with Crippen molar-refractivity contribution in [3.05, 3.63) is 0 Å². The molecule has 1 aliphatic heterocycles. The van der Waals surface area contributed by atoms with Crippen molar-refractivity contribution in [3.8, 4) is 0 Å². The Morgan fingerprint density at radius 3 is 2.55 bits per heavy atom. The Labute approximate surface area is 120 Å². The summed E-state index contributed by atoms with van der Waals surface area (Å²) in [5.41, 5.74) is 0. The van der Waals surface area contributed by atoms with Gasteiger partial charge in [-0.2, -0.15) is 11.8 Å². The lowest BCUT2D eigenvalue weighted by molar-refractivity contribution is -0.144. The van der Waals surface area contributed by atoms with Crippen LogP contribution in [0.2, 0.25) is 0 Å². The van der Waals surface area contributed by atoms with Crippen molar-refractivity contribution in [3.63, 3.8) is 0 Å². The van der Waals surface area contributed by atoms with Crippen LogP contribution in [0.5, 0.6) is 0 Å². The summed E-state index contributed by atoms with van der Waals surface area (Å²) in [6.07, 6.45) is -0.142. The highest BCUT2D eigenvalue weighted by Crippen LogP contribution is 2.37. The van der Waals surface area contributed by atoms with E-state index in [9.17, 15) is 18.4 Å². The van der Waals surface area contributed by atoms with Crippen LogP contribution in [0, 0.1) is 5.92 Å². The van der Waals surface area contributed by atoms with Crippen LogP contribution in [-0.2, 0) is 9.59 Å². The predicted molar refractivity (Wildman–Crippen MR) is 72.0 cm³/mol. The molecule has 1 aliphatic carbocycles. The molecule has 7 heteroatoms. The number of hydrogen-bond acceptors (Lipinski definition) is 3. The first-order valence-corrected chi connectivity index (χ1v) is 8.02. The fraction of sp³-hybridized carbons (Fsp3) is 0.846. The van der Waals surface area contributed by atoms with Crippen LogP contribution < -0.4 is 0 Å². The Balaban J connectivity index is 1.97. The summed E-state index contributed by atoms with van der Waals surface area (Å²) < 4.78 is 26.3. The summed E-state index contributed by atoms with van der Waals surface area (Å²) in [5, 5.41) is 8.90. The minimum absolute atomic E-state index is 0.0678. The van der Waals surface area contributed by atoms with E-state index in [1.807, 2.05) is 0 Å². The fourth-order valence-electron chi connectivity index (χ4n) is 2.84. The van der Waals surface area contributed by atoms with Gasteiger partial charge in [0.25, 0.3) is 0 Å². The van der Waals surface area contributed by atoms with Crippen LogP contribution in [0.4, 0.5) is 8.78 Å². The smallest absolute Gasteiger partial charge is 0.305 e. The van der Waals surface area contributed by atoms with Gasteiger partial charge in [0.15, 0.2) is 0 Å². The third kappa shape index (κ3) is 3.84. The predicted octanol–water partition coefficient (Wildman–Crippen LogP) is 2.23. The van der Waals surface area contributed by atoms with E-state index in [0.29, 0.717) is 12.3 Å². The third-order valence-electron chi connectivity index (χ3n) is 3.99. The molecule has 1 atom stereocenters. The maximum Gasteiger partial charge on any atom is 0.305 e. The average molecular weight is 307 g/mol. The highest BCUT2D eigenvalue weighted by atomic mass is 32.2. The molecule has 1 heterocycles. The van der Waals surface area contributed by atoms with Crippen LogP contribution in [0.3, 0.4) is 0 Å². The first-order valence-electron chi connectivity index (χ1n) is 6.87. The van der Waals surface area contributed by atoms with Crippen molar-refractivity contribution in [1.82, 2.24) is 4.90 Å². The van der Waals surface area contributed by atoms with Gasteiger partial charge in [0.05, 0.1) is 12.5 Å². The van der Waals surface area contributed by atoms with Gasteiger partial charge in [-0.25, -0.2) is 8.78 Å². The number of carbonyl (C=O) groups excluding carboxylic acids is 1. The molecule has 20 heavy (non-hydrogen) atoms. The molecule has 1 N–H and O–H groups in total. The SMILES string of the molecule is O=C(O)CC1CSCCN1C(=O)C1CCC(F)(F)CC1. The van der Waals surface area contributed by atoms with Crippen molar-refractivity contribution in [2.75, 3.05) is 18.1 Å². The van der Waals surface area contributed by atoms with Crippen LogP contribution in [0.1, 0.15) is 32.1 Å². The molecule has 0 bridgehead atoms. The number of rotatable bonds is 3. The fourth-order valence-corrected chi connectivity index (χ4v) is 3.90. The standard InChI is InChI=1S/C13H19F2NO3S/c14-13(15)3-1-9(2-4-13)12(19)16-5-6-20-8-10(16)7-11(17)18/h9-10H,1-8H2,(H,17,18). The zero-order valence-corrected chi connectivity index (χ0v) is 12.0. The number of amides is 1. The number of halogens is 2. The number of aliphatic carboxylic acids is 1. The molecule has 1 amide bonds. The van der Waals surface area contributed by atoms with Crippen molar-refractivity contribution in [2.45, 2.75) is 44.1 Å². The van der Waals surface area contributed by atoms with E-state index in [1.165, 1.54) is 0 Å². The average Bonchev–Trinajstić information content (AvgIpc) is 2.38. The molecule has 1 saturated carbocycles. The van der Waals surface area contributed by atoms with Gasteiger partial charge in [-0.3, -0.25) is 9.59 Å². The van der Waals surface area contributed by atoms with Gasteiger partial charge in [0, 0.05) is 36.8 Å². The van der Waals surface area contributed by atoms with Crippen LogP contribution in [0.15, 0.2) is 0 Å². The second-order valence-electron chi connectivity index (χ2n) is 5.49. The zero-order chi connectivity index (χ0) is 14.8.